The summed E-state index contributed by atoms with van der Waals surface area (Å²) in [6, 6.07) is -0.436. The maximum absolute atomic E-state index is 12.5. The number of hydrogen-bond acceptors (Lipinski definition) is 4. The summed E-state index contributed by atoms with van der Waals surface area (Å²) in [7, 11) is 1.37. The van der Waals surface area contributed by atoms with Crippen molar-refractivity contribution in [3.8, 4) is 0 Å². The lowest BCUT2D eigenvalue weighted by molar-refractivity contribution is -0.154. The fourth-order valence-electron chi connectivity index (χ4n) is 2.70. The number of carbonyl (C=O) groups is 2. The molecule has 2 rings (SSSR count). The Morgan fingerprint density at radius 2 is 2.15 bits per heavy atom. The van der Waals surface area contributed by atoms with Gasteiger partial charge in [0, 0.05) is 17.8 Å². The van der Waals surface area contributed by atoms with Gasteiger partial charge in [0.1, 0.15) is 6.04 Å². The summed E-state index contributed by atoms with van der Waals surface area (Å²) < 4.78 is 4.80. The highest BCUT2D eigenvalue weighted by molar-refractivity contribution is 5.86. The van der Waals surface area contributed by atoms with E-state index in [1.54, 1.807) is 4.90 Å². The van der Waals surface area contributed by atoms with Crippen LogP contribution in [0.5, 0.6) is 0 Å². The molecule has 1 aromatic rings. The second-order valence-corrected chi connectivity index (χ2v) is 5.21. The number of likely N-dealkylation sites (tertiary alicyclic amines) is 1. The third-order valence-corrected chi connectivity index (χ3v) is 3.91. The molecular weight excluding hydrogens is 258 g/mol. The number of methoxy groups -OCH3 is 1. The van der Waals surface area contributed by atoms with E-state index in [2.05, 4.69) is 10.2 Å². The van der Waals surface area contributed by atoms with E-state index in [0.717, 1.165) is 29.8 Å². The minimum Gasteiger partial charge on any atom is -0.467 e. The monoisotopic (exact) mass is 279 g/mol. The minimum atomic E-state index is -0.436. The molecule has 0 aliphatic carbocycles. The van der Waals surface area contributed by atoms with E-state index >= 15 is 0 Å². The van der Waals surface area contributed by atoms with Gasteiger partial charge in [-0.25, -0.2) is 4.79 Å². The Morgan fingerprint density at radius 3 is 2.75 bits per heavy atom. The third-order valence-electron chi connectivity index (χ3n) is 3.91. The number of amides is 1. The third kappa shape index (κ3) is 2.84. The maximum atomic E-state index is 12.5. The number of esters is 1. The Bertz CT molecular complexity index is 490. The highest BCUT2D eigenvalue weighted by Crippen LogP contribution is 2.20. The standard InChI is InChI=1S/C14H21N3O3/c1-9-11(10(2)16-15-9)8-13(18)17-7-5-4-6-12(17)14(19)20-3/h12H,4-8H2,1-3H3,(H,15,16). The summed E-state index contributed by atoms with van der Waals surface area (Å²) in [6.45, 7) is 4.39. The number of carbonyl (C=O) groups excluding carboxylic acids is 2. The van der Waals surface area contributed by atoms with Gasteiger partial charge in [0.2, 0.25) is 5.91 Å². The molecule has 1 N–H and O–H groups in total. The maximum Gasteiger partial charge on any atom is 0.328 e. The molecule has 1 aromatic heterocycles. The van der Waals surface area contributed by atoms with Crippen molar-refractivity contribution in [1.82, 2.24) is 15.1 Å². The summed E-state index contributed by atoms with van der Waals surface area (Å²) in [6.07, 6.45) is 2.85. The van der Waals surface area contributed by atoms with Crippen molar-refractivity contribution < 1.29 is 14.3 Å². The van der Waals surface area contributed by atoms with Gasteiger partial charge in [0.15, 0.2) is 0 Å². The number of aryl methyl sites for hydroxylation is 2. The molecular formula is C14H21N3O3. The Hall–Kier alpha value is -1.85. The molecule has 6 heteroatoms. The van der Waals surface area contributed by atoms with Crippen molar-refractivity contribution in [1.29, 1.82) is 0 Å². The van der Waals surface area contributed by atoms with Gasteiger partial charge in [-0.15, -0.1) is 0 Å². The lowest BCUT2D eigenvalue weighted by Gasteiger charge is -2.33. The zero-order valence-electron chi connectivity index (χ0n) is 12.2. The van der Waals surface area contributed by atoms with Crippen LogP contribution in [0, 0.1) is 13.8 Å². The van der Waals surface area contributed by atoms with E-state index in [0.29, 0.717) is 13.0 Å². The van der Waals surface area contributed by atoms with E-state index in [9.17, 15) is 9.59 Å². The van der Waals surface area contributed by atoms with E-state index in [4.69, 9.17) is 4.74 Å². The molecule has 1 unspecified atom stereocenters. The van der Waals surface area contributed by atoms with E-state index in [-0.39, 0.29) is 18.3 Å². The van der Waals surface area contributed by atoms with Crippen LogP contribution in [0.2, 0.25) is 0 Å². The molecule has 20 heavy (non-hydrogen) atoms. The molecule has 6 nitrogen and oxygen atoms in total. The van der Waals surface area contributed by atoms with Crippen LogP contribution in [0.15, 0.2) is 0 Å². The number of hydrogen-bond donors (Lipinski definition) is 1. The minimum absolute atomic E-state index is 0.0345. The van der Waals surface area contributed by atoms with E-state index in [1.165, 1.54) is 7.11 Å². The number of piperidine rings is 1. The molecule has 0 bridgehead atoms. The molecule has 1 fully saturated rings. The van der Waals surface area contributed by atoms with Gasteiger partial charge in [0.25, 0.3) is 0 Å². The van der Waals surface area contributed by atoms with E-state index in [1.807, 2.05) is 13.8 Å². The van der Waals surface area contributed by atoms with Crippen LogP contribution in [0.4, 0.5) is 0 Å². The highest BCUT2D eigenvalue weighted by Gasteiger charge is 2.33. The number of rotatable bonds is 3. The topological polar surface area (TPSA) is 75.3 Å². The smallest absolute Gasteiger partial charge is 0.328 e. The zero-order valence-corrected chi connectivity index (χ0v) is 12.2. The molecule has 110 valence electrons. The molecule has 1 amide bonds. The van der Waals surface area contributed by atoms with E-state index < -0.39 is 6.04 Å². The lowest BCUT2D eigenvalue weighted by Crippen LogP contribution is -2.49. The Balaban J connectivity index is 2.12. The Labute approximate surface area is 118 Å². The first-order chi connectivity index (χ1) is 9.54. The van der Waals surface area contributed by atoms with Crippen molar-refractivity contribution in [3.05, 3.63) is 17.0 Å². The van der Waals surface area contributed by atoms with Gasteiger partial charge >= 0.3 is 5.97 Å². The van der Waals surface area contributed by atoms with Crippen molar-refractivity contribution in [2.24, 2.45) is 0 Å². The summed E-state index contributed by atoms with van der Waals surface area (Å²) in [4.78, 5) is 25.9. The van der Waals surface area contributed by atoms with Crippen LogP contribution in [0.3, 0.4) is 0 Å². The number of aromatic amines is 1. The fraction of sp³-hybridized carbons (Fsp3) is 0.643. The number of ether oxygens (including phenoxy) is 1. The molecule has 1 aliphatic rings. The molecule has 0 saturated carbocycles. The lowest BCUT2D eigenvalue weighted by atomic mass is 10.0. The quantitative estimate of drug-likeness (QED) is 0.841. The van der Waals surface area contributed by atoms with Gasteiger partial charge in [-0.05, 0) is 33.1 Å². The van der Waals surface area contributed by atoms with Crippen molar-refractivity contribution >= 4 is 11.9 Å². The van der Waals surface area contributed by atoms with Gasteiger partial charge < -0.3 is 9.64 Å². The van der Waals surface area contributed by atoms with Crippen LogP contribution in [0.25, 0.3) is 0 Å². The van der Waals surface area contributed by atoms with Crippen molar-refractivity contribution in [2.45, 2.75) is 45.6 Å². The fourth-order valence-corrected chi connectivity index (χ4v) is 2.70. The van der Waals surface area contributed by atoms with Gasteiger partial charge in [0.05, 0.1) is 19.2 Å². The first kappa shape index (κ1) is 14.6. The average Bonchev–Trinajstić information content (AvgIpc) is 2.78. The molecule has 1 aliphatic heterocycles. The number of aromatic nitrogens is 2. The van der Waals surface area contributed by atoms with Crippen molar-refractivity contribution in [3.63, 3.8) is 0 Å². The average molecular weight is 279 g/mol. The Kier molecular flexibility index (Phi) is 4.42. The number of nitrogens with one attached hydrogen (secondary N) is 1. The normalized spacial score (nSPS) is 18.9. The zero-order chi connectivity index (χ0) is 14.7. The van der Waals surface area contributed by atoms with Crippen LogP contribution in [-0.4, -0.2) is 46.7 Å². The van der Waals surface area contributed by atoms with Crippen LogP contribution in [-0.2, 0) is 20.7 Å². The van der Waals surface area contributed by atoms with Gasteiger partial charge in [-0.1, -0.05) is 0 Å². The second kappa shape index (κ2) is 6.07. The molecule has 0 aromatic carbocycles. The molecule has 0 spiro atoms. The molecule has 1 atom stereocenters. The summed E-state index contributed by atoms with van der Waals surface area (Å²) in [5, 5.41) is 6.98. The largest absolute Gasteiger partial charge is 0.467 e. The summed E-state index contributed by atoms with van der Waals surface area (Å²) in [5.74, 6) is -0.355. The highest BCUT2D eigenvalue weighted by atomic mass is 16.5. The van der Waals surface area contributed by atoms with Crippen LogP contribution < -0.4 is 0 Å². The Morgan fingerprint density at radius 1 is 1.40 bits per heavy atom. The molecule has 0 radical (unpaired) electrons. The molecule has 1 saturated heterocycles. The van der Waals surface area contributed by atoms with Gasteiger partial charge in [-0.3, -0.25) is 9.89 Å². The molecule has 2 heterocycles. The van der Waals surface area contributed by atoms with Crippen molar-refractivity contribution in [2.75, 3.05) is 13.7 Å². The summed E-state index contributed by atoms with van der Waals surface area (Å²) in [5.41, 5.74) is 2.66. The number of nitrogens with zero attached hydrogens (tertiary/aromatic N) is 2. The SMILES string of the molecule is COC(=O)C1CCCCN1C(=O)Cc1c(C)n[nH]c1C. The number of H-pyrrole nitrogens is 1. The van der Waals surface area contributed by atoms with Gasteiger partial charge in [-0.2, -0.15) is 5.10 Å². The van der Waals surface area contributed by atoms with Crippen LogP contribution in [0.1, 0.15) is 36.2 Å². The van der Waals surface area contributed by atoms with Crippen LogP contribution >= 0.6 is 0 Å². The predicted octanol–water partition coefficient (Wildman–Crippen LogP) is 1.12. The first-order valence-electron chi connectivity index (χ1n) is 6.92. The summed E-state index contributed by atoms with van der Waals surface area (Å²) >= 11 is 0. The first-order valence-corrected chi connectivity index (χ1v) is 6.92. The second-order valence-electron chi connectivity index (χ2n) is 5.21. The predicted molar refractivity (Wildman–Crippen MR) is 73.1 cm³/mol.